The van der Waals surface area contributed by atoms with E-state index in [1.54, 1.807) is 11.2 Å². The van der Waals surface area contributed by atoms with Crippen LogP contribution in [0.15, 0.2) is 41.8 Å². The molecule has 3 rings (SSSR count). The summed E-state index contributed by atoms with van der Waals surface area (Å²) in [5, 5.41) is 8.71. The molecule has 9 heteroatoms. The molecule has 1 amide bonds. The first-order valence-electron chi connectivity index (χ1n) is 9.01. The van der Waals surface area contributed by atoms with E-state index < -0.39 is 9.84 Å². The molecule has 0 radical (unpaired) electrons. The lowest BCUT2D eigenvalue weighted by Gasteiger charge is -2.33. The van der Waals surface area contributed by atoms with Crippen LogP contribution in [-0.4, -0.2) is 63.3 Å². The molecule has 2 unspecified atom stereocenters. The summed E-state index contributed by atoms with van der Waals surface area (Å²) in [6.07, 6.45) is 2.93. The molecule has 1 aromatic carbocycles. The van der Waals surface area contributed by atoms with Gasteiger partial charge in [-0.1, -0.05) is 36.9 Å². The lowest BCUT2D eigenvalue weighted by Crippen LogP contribution is -2.47. The van der Waals surface area contributed by atoms with E-state index in [2.05, 4.69) is 10.2 Å². The summed E-state index contributed by atoms with van der Waals surface area (Å²) >= 11 is 1.32. The zero-order chi connectivity index (χ0) is 19.4. The van der Waals surface area contributed by atoms with Crippen molar-refractivity contribution in [1.82, 2.24) is 19.7 Å². The fourth-order valence-corrected chi connectivity index (χ4v) is 5.80. The number of carbonyl (C=O) groups is 1. The number of thioether (sulfide) groups is 1. The topological polar surface area (TPSA) is 85.2 Å². The Labute approximate surface area is 164 Å². The molecule has 1 saturated heterocycles. The minimum absolute atomic E-state index is 0.00314. The van der Waals surface area contributed by atoms with Crippen LogP contribution in [0.4, 0.5) is 0 Å². The Balaban J connectivity index is 1.71. The fraction of sp³-hybridized carbons (Fsp3) is 0.500. The second kappa shape index (κ2) is 8.43. The molecule has 1 aliphatic heterocycles. The molecule has 0 spiro atoms. The van der Waals surface area contributed by atoms with Crippen molar-refractivity contribution in [3.8, 4) is 5.69 Å². The molecule has 0 N–H and O–H groups in total. The minimum atomic E-state index is -3.04. The lowest BCUT2D eigenvalue weighted by atomic mass is 10.1. The molecular weight excluding hydrogens is 384 g/mol. The fourth-order valence-electron chi connectivity index (χ4n) is 3.29. The minimum Gasteiger partial charge on any atom is -0.335 e. The van der Waals surface area contributed by atoms with Gasteiger partial charge < -0.3 is 4.90 Å². The van der Waals surface area contributed by atoms with Crippen LogP contribution in [0, 0.1) is 0 Å². The van der Waals surface area contributed by atoms with Crippen LogP contribution >= 0.6 is 11.8 Å². The van der Waals surface area contributed by atoms with Crippen molar-refractivity contribution in [2.45, 2.75) is 43.9 Å². The van der Waals surface area contributed by atoms with Gasteiger partial charge in [-0.3, -0.25) is 9.36 Å². The number of rotatable bonds is 7. The maximum absolute atomic E-state index is 12.9. The van der Waals surface area contributed by atoms with E-state index in [-0.39, 0.29) is 35.2 Å². The van der Waals surface area contributed by atoms with Gasteiger partial charge in [-0.2, -0.15) is 0 Å². The van der Waals surface area contributed by atoms with Crippen molar-refractivity contribution >= 4 is 27.5 Å². The molecule has 7 nitrogen and oxygen atoms in total. The number of aromatic nitrogens is 3. The number of amides is 1. The van der Waals surface area contributed by atoms with Crippen molar-refractivity contribution < 1.29 is 13.2 Å². The van der Waals surface area contributed by atoms with Crippen LogP contribution in [0.25, 0.3) is 5.69 Å². The average Bonchev–Trinajstić information content (AvgIpc) is 3.27. The van der Waals surface area contributed by atoms with Crippen LogP contribution in [0.1, 0.15) is 26.7 Å². The van der Waals surface area contributed by atoms with Crippen LogP contribution in [-0.2, 0) is 14.6 Å². The molecule has 2 aromatic rings. The molecular formula is C18H24N4O3S2. The maximum atomic E-state index is 12.9. The highest BCUT2D eigenvalue weighted by Gasteiger charge is 2.36. The zero-order valence-corrected chi connectivity index (χ0v) is 17.1. The van der Waals surface area contributed by atoms with Gasteiger partial charge in [-0.05, 0) is 31.9 Å². The summed E-state index contributed by atoms with van der Waals surface area (Å²) in [6.45, 7) is 3.98. The molecule has 2 atom stereocenters. The summed E-state index contributed by atoms with van der Waals surface area (Å²) < 4.78 is 25.6. The molecule has 0 aliphatic carbocycles. The van der Waals surface area contributed by atoms with E-state index in [1.165, 1.54) is 11.8 Å². The molecule has 1 aliphatic rings. The van der Waals surface area contributed by atoms with E-state index >= 15 is 0 Å². The second-order valence-electron chi connectivity index (χ2n) is 6.72. The van der Waals surface area contributed by atoms with Crippen molar-refractivity contribution in [3.05, 3.63) is 36.7 Å². The predicted molar refractivity (Wildman–Crippen MR) is 106 cm³/mol. The number of para-hydroxylation sites is 1. The SMILES string of the molecule is CCC(C)N(C(=O)CSc1nncn1-c1ccccc1)C1CCS(=O)(=O)C1. The van der Waals surface area contributed by atoms with E-state index in [4.69, 9.17) is 0 Å². The summed E-state index contributed by atoms with van der Waals surface area (Å²) in [4.78, 5) is 14.7. The summed E-state index contributed by atoms with van der Waals surface area (Å²) in [5.74, 6) is 0.368. The summed E-state index contributed by atoms with van der Waals surface area (Å²) in [7, 11) is -3.04. The number of sulfone groups is 1. The van der Waals surface area contributed by atoms with Gasteiger partial charge in [0, 0.05) is 17.8 Å². The number of nitrogens with zero attached hydrogens (tertiary/aromatic N) is 4. The molecule has 1 aromatic heterocycles. The number of carbonyl (C=O) groups excluding carboxylic acids is 1. The van der Waals surface area contributed by atoms with Gasteiger partial charge in [0.2, 0.25) is 5.91 Å². The standard InChI is InChI=1S/C18H24N4O3S2/c1-3-14(2)22(16-9-10-27(24,25)12-16)17(23)11-26-18-20-19-13-21(18)15-7-5-4-6-8-15/h4-8,13-14,16H,3,9-12H2,1-2H3. The van der Waals surface area contributed by atoms with Gasteiger partial charge in [0.15, 0.2) is 15.0 Å². The van der Waals surface area contributed by atoms with Crippen LogP contribution < -0.4 is 0 Å². The molecule has 146 valence electrons. The third-order valence-electron chi connectivity index (χ3n) is 4.83. The Morgan fingerprint density at radius 2 is 2.11 bits per heavy atom. The van der Waals surface area contributed by atoms with E-state index in [1.807, 2.05) is 48.7 Å². The van der Waals surface area contributed by atoms with Crippen molar-refractivity contribution in [2.75, 3.05) is 17.3 Å². The molecule has 2 heterocycles. The van der Waals surface area contributed by atoms with Gasteiger partial charge in [0.25, 0.3) is 0 Å². The Hall–Kier alpha value is -1.87. The van der Waals surface area contributed by atoms with E-state index in [0.29, 0.717) is 11.6 Å². The lowest BCUT2D eigenvalue weighted by molar-refractivity contribution is -0.132. The van der Waals surface area contributed by atoms with Crippen LogP contribution in [0.2, 0.25) is 0 Å². The van der Waals surface area contributed by atoms with Gasteiger partial charge in [0.1, 0.15) is 6.33 Å². The van der Waals surface area contributed by atoms with E-state index in [9.17, 15) is 13.2 Å². The smallest absolute Gasteiger partial charge is 0.233 e. The summed E-state index contributed by atoms with van der Waals surface area (Å²) in [5.41, 5.74) is 0.929. The van der Waals surface area contributed by atoms with Gasteiger partial charge in [-0.15, -0.1) is 10.2 Å². The first kappa shape index (κ1) is 19.9. The normalized spacial score (nSPS) is 19.7. The van der Waals surface area contributed by atoms with Crippen molar-refractivity contribution in [2.24, 2.45) is 0 Å². The van der Waals surface area contributed by atoms with Gasteiger partial charge in [-0.25, -0.2) is 8.42 Å². The Morgan fingerprint density at radius 1 is 1.37 bits per heavy atom. The van der Waals surface area contributed by atoms with E-state index in [0.717, 1.165) is 12.1 Å². The van der Waals surface area contributed by atoms with Gasteiger partial charge in [0.05, 0.1) is 17.3 Å². The van der Waals surface area contributed by atoms with Gasteiger partial charge >= 0.3 is 0 Å². The predicted octanol–water partition coefficient (Wildman–Crippen LogP) is 2.17. The van der Waals surface area contributed by atoms with Crippen LogP contribution in [0.3, 0.4) is 0 Å². The van der Waals surface area contributed by atoms with Crippen molar-refractivity contribution in [1.29, 1.82) is 0 Å². The second-order valence-corrected chi connectivity index (χ2v) is 9.89. The monoisotopic (exact) mass is 408 g/mol. The third-order valence-corrected chi connectivity index (χ3v) is 7.51. The summed E-state index contributed by atoms with van der Waals surface area (Å²) in [6, 6.07) is 9.46. The Kier molecular flexibility index (Phi) is 6.21. The Bertz CT molecular complexity index is 883. The highest BCUT2D eigenvalue weighted by molar-refractivity contribution is 7.99. The third kappa shape index (κ3) is 4.70. The quantitative estimate of drug-likeness (QED) is 0.653. The van der Waals surface area contributed by atoms with Crippen LogP contribution in [0.5, 0.6) is 0 Å². The molecule has 1 fully saturated rings. The largest absolute Gasteiger partial charge is 0.335 e. The Morgan fingerprint density at radius 3 is 2.74 bits per heavy atom. The van der Waals surface area contributed by atoms with Crippen molar-refractivity contribution in [3.63, 3.8) is 0 Å². The number of benzene rings is 1. The highest BCUT2D eigenvalue weighted by atomic mass is 32.2. The number of hydrogen-bond acceptors (Lipinski definition) is 6. The molecule has 0 saturated carbocycles. The molecule has 27 heavy (non-hydrogen) atoms. The first-order chi connectivity index (χ1) is 12.9. The zero-order valence-electron chi connectivity index (χ0n) is 15.5. The highest BCUT2D eigenvalue weighted by Crippen LogP contribution is 2.24. The average molecular weight is 409 g/mol. The maximum Gasteiger partial charge on any atom is 0.233 e. The molecule has 0 bridgehead atoms. The first-order valence-corrected chi connectivity index (χ1v) is 11.8. The number of hydrogen-bond donors (Lipinski definition) is 0.